The third-order valence-electron chi connectivity index (χ3n) is 2.47. The number of hydrogen-bond acceptors (Lipinski definition) is 2. The molecule has 0 saturated carbocycles. The summed E-state index contributed by atoms with van der Waals surface area (Å²) < 4.78 is 12.1. The summed E-state index contributed by atoms with van der Waals surface area (Å²) in [4.78, 5) is 10.8. The molecule has 0 spiro atoms. The van der Waals surface area contributed by atoms with Gasteiger partial charge in [0.1, 0.15) is 5.54 Å². The lowest BCUT2D eigenvalue weighted by molar-refractivity contribution is -0.142. The van der Waals surface area contributed by atoms with E-state index in [0.29, 0.717) is 6.42 Å². The molecule has 0 aromatic heterocycles. The Morgan fingerprint density at radius 2 is 1.88 bits per heavy atom. The van der Waals surface area contributed by atoms with Gasteiger partial charge in [-0.1, -0.05) is 24.3 Å². The molecule has 1 rings (SSSR count). The summed E-state index contributed by atoms with van der Waals surface area (Å²) in [5, 5.41) is 8.87. The first-order chi connectivity index (χ1) is 7.45. The van der Waals surface area contributed by atoms with Crippen molar-refractivity contribution >= 4 is 5.97 Å². The van der Waals surface area contributed by atoms with E-state index in [1.165, 1.54) is 6.92 Å². The van der Waals surface area contributed by atoms with Crippen LogP contribution < -0.4 is 5.73 Å². The maximum atomic E-state index is 12.1. The smallest absolute Gasteiger partial charge is 0.323 e. The summed E-state index contributed by atoms with van der Waals surface area (Å²) >= 11 is 0. The van der Waals surface area contributed by atoms with Crippen molar-refractivity contribution in [2.45, 2.75) is 25.3 Å². The minimum Gasteiger partial charge on any atom is -0.480 e. The molecule has 0 fully saturated rings. The molecule has 88 valence electrons. The normalized spacial score (nSPS) is 14.4. The molecule has 4 heteroatoms. The third-order valence-corrected chi connectivity index (χ3v) is 2.47. The van der Waals surface area contributed by atoms with Crippen molar-refractivity contribution in [2.75, 3.05) is 6.67 Å². The number of aliphatic carboxylic acids is 1. The van der Waals surface area contributed by atoms with Gasteiger partial charge in [-0.25, -0.2) is 0 Å². The standard InChI is InChI=1S/C12H16FNO2/c1-12(14,11(15)16)8-10-4-2-9(3-5-10)6-7-13/h2-5H,6-8,14H2,1H3,(H,15,16)/t12-/m0/s1. The number of benzene rings is 1. The summed E-state index contributed by atoms with van der Waals surface area (Å²) in [6.07, 6.45) is 0.650. The molecule has 0 saturated heterocycles. The summed E-state index contributed by atoms with van der Waals surface area (Å²) in [5.74, 6) is -1.03. The fraction of sp³-hybridized carbons (Fsp3) is 0.417. The largest absolute Gasteiger partial charge is 0.480 e. The van der Waals surface area contributed by atoms with Gasteiger partial charge in [-0.2, -0.15) is 0 Å². The van der Waals surface area contributed by atoms with Crippen LogP contribution in [0, 0.1) is 0 Å². The summed E-state index contributed by atoms with van der Waals surface area (Å²) in [6, 6.07) is 7.18. The fourth-order valence-electron chi connectivity index (χ4n) is 1.43. The molecule has 3 nitrogen and oxygen atoms in total. The molecule has 0 unspecified atom stereocenters. The number of hydrogen-bond donors (Lipinski definition) is 2. The molecule has 0 aliphatic rings. The first-order valence-electron chi connectivity index (χ1n) is 5.12. The zero-order valence-corrected chi connectivity index (χ0v) is 9.24. The monoisotopic (exact) mass is 225 g/mol. The van der Waals surface area contributed by atoms with Crippen LogP contribution in [0.25, 0.3) is 0 Å². The second-order valence-corrected chi connectivity index (χ2v) is 4.15. The number of rotatable bonds is 5. The maximum Gasteiger partial charge on any atom is 0.323 e. The molecule has 3 N–H and O–H groups in total. The van der Waals surface area contributed by atoms with E-state index >= 15 is 0 Å². The average Bonchev–Trinajstić information content (AvgIpc) is 2.21. The minimum absolute atomic E-state index is 0.262. The SMILES string of the molecule is C[C@](N)(Cc1ccc(CCF)cc1)C(=O)O. The van der Waals surface area contributed by atoms with Crippen LogP contribution in [0.4, 0.5) is 4.39 Å². The third kappa shape index (κ3) is 3.31. The van der Waals surface area contributed by atoms with E-state index in [9.17, 15) is 9.18 Å². The van der Waals surface area contributed by atoms with Gasteiger partial charge < -0.3 is 10.8 Å². The lowest BCUT2D eigenvalue weighted by Gasteiger charge is -2.19. The molecule has 0 aliphatic carbocycles. The van der Waals surface area contributed by atoms with Gasteiger partial charge in [-0.15, -0.1) is 0 Å². The van der Waals surface area contributed by atoms with Crippen LogP contribution in [0.2, 0.25) is 0 Å². The predicted molar refractivity (Wildman–Crippen MR) is 60.1 cm³/mol. The van der Waals surface area contributed by atoms with Crippen molar-refractivity contribution in [1.29, 1.82) is 0 Å². The van der Waals surface area contributed by atoms with Crippen molar-refractivity contribution in [3.05, 3.63) is 35.4 Å². The highest BCUT2D eigenvalue weighted by Gasteiger charge is 2.27. The van der Waals surface area contributed by atoms with E-state index in [2.05, 4.69) is 0 Å². The lowest BCUT2D eigenvalue weighted by Crippen LogP contribution is -2.46. The molecule has 0 bridgehead atoms. The van der Waals surface area contributed by atoms with E-state index in [1.807, 2.05) is 0 Å². The first-order valence-corrected chi connectivity index (χ1v) is 5.12. The van der Waals surface area contributed by atoms with Crippen molar-refractivity contribution in [1.82, 2.24) is 0 Å². The molecule has 0 aliphatic heterocycles. The number of aryl methyl sites for hydroxylation is 1. The minimum atomic E-state index is -1.26. The van der Waals surface area contributed by atoms with Crippen LogP contribution in [0.5, 0.6) is 0 Å². The first kappa shape index (κ1) is 12.6. The zero-order chi connectivity index (χ0) is 12.2. The molecule has 1 aromatic rings. The van der Waals surface area contributed by atoms with Gasteiger partial charge in [0, 0.05) is 12.8 Å². The second-order valence-electron chi connectivity index (χ2n) is 4.15. The Labute approximate surface area is 94.1 Å². The Hall–Kier alpha value is -1.42. The second kappa shape index (κ2) is 5.07. The highest BCUT2D eigenvalue weighted by Crippen LogP contribution is 2.12. The van der Waals surface area contributed by atoms with E-state index in [4.69, 9.17) is 10.8 Å². The van der Waals surface area contributed by atoms with E-state index in [0.717, 1.165) is 11.1 Å². The van der Waals surface area contributed by atoms with Gasteiger partial charge in [0.05, 0.1) is 6.67 Å². The quantitative estimate of drug-likeness (QED) is 0.799. The topological polar surface area (TPSA) is 63.3 Å². The predicted octanol–water partition coefficient (Wildman–Crippen LogP) is 1.54. The maximum absolute atomic E-state index is 12.1. The summed E-state index contributed by atoms with van der Waals surface area (Å²) in [6.45, 7) is 1.09. The fourth-order valence-corrected chi connectivity index (χ4v) is 1.43. The van der Waals surface area contributed by atoms with Gasteiger partial charge in [0.2, 0.25) is 0 Å². The van der Waals surface area contributed by atoms with Crippen LogP contribution in [0.3, 0.4) is 0 Å². The van der Waals surface area contributed by atoms with E-state index < -0.39 is 11.5 Å². The number of nitrogens with two attached hydrogens (primary N) is 1. The molecule has 1 aromatic carbocycles. The molecule has 0 amide bonds. The number of carboxylic acid groups (broad SMARTS) is 1. The van der Waals surface area contributed by atoms with Crippen LogP contribution in [0.1, 0.15) is 18.1 Å². The van der Waals surface area contributed by atoms with Crippen LogP contribution >= 0.6 is 0 Å². The average molecular weight is 225 g/mol. The Bertz CT molecular complexity index is 360. The van der Waals surface area contributed by atoms with Gasteiger partial charge in [0.15, 0.2) is 0 Å². The lowest BCUT2D eigenvalue weighted by atomic mass is 9.93. The van der Waals surface area contributed by atoms with E-state index in [1.54, 1.807) is 24.3 Å². The van der Waals surface area contributed by atoms with Gasteiger partial charge >= 0.3 is 5.97 Å². The van der Waals surface area contributed by atoms with Crippen LogP contribution in [0.15, 0.2) is 24.3 Å². The van der Waals surface area contributed by atoms with Gasteiger partial charge in [0.25, 0.3) is 0 Å². The Kier molecular flexibility index (Phi) is 4.01. The van der Waals surface area contributed by atoms with Gasteiger partial charge in [-0.3, -0.25) is 9.18 Å². The highest BCUT2D eigenvalue weighted by molar-refractivity contribution is 5.78. The molecular weight excluding hydrogens is 209 g/mol. The number of carbonyl (C=O) groups is 1. The number of carboxylic acids is 1. The molecular formula is C12H16FNO2. The Balaban J connectivity index is 2.72. The van der Waals surface area contributed by atoms with Gasteiger partial charge in [-0.05, 0) is 18.1 Å². The Morgan fingerprint density at radius 1 is 1.38 bits per heavy atom. The van der Waals surface area contributed by atoms with Crippen molar-refractivity contribution in [2.24, 2.45) is 5.73 Å². The number of halogens is 1. The van der Waals surface area contributed by atoms with Crippen LogP contribution in [-0.2, 0) is 17.6 Å². The molecule has 1 atom stereocenters. The summed E-state index contributed by atoms with van der Waals surface area (Å²) in [5.41, 5.74) is 6.11. The molecule has 0 radical (unpaired) electrons. The molecule has 16 heavy (non-hydrogen) atoms. The molecule has 0 heterocycles. The van der Waals surface area contributed by atoms with Crippen molar-refractivity contribution in [3.8, 4) is 0 Å². The highest BCUT2D eigenvalue weighted by atomic mass is 19.1. The van der Waals surface area contributed by atoms with Crippen LogP contribution in [-0.4, -0.2) is 23.3 Å². The zero-order valence-electron chi connectivity index (χ0n) is 9.24. The van der Waals surface area contributed by atoms with E-state index in [-0.39, 0.29) is 13.1 Å². The van der Waals surface area contributed by atoms with Crippen molar-refractivity contribution < 1.29 is 14.3 Å². The summed E-state index contributed by atoms with van der Waals surface area (Å²) in [7, 11) is 0. The Morgan fingerprint density at radius 3 is 2.31 bits per heavy atom. The van der Waals surface area contributed by atoms with Crippen molar-refractivity contribution in [3.63, 3.8) is 0 Å². The number of alkyl halides is 1.